The van der Waals surface area contributed by atoms with Crippen molar-refractivity contribution in [2.24, 2.45) is 40.1 Å². The molecular weight excluding hydrogens is 696 g/mol. The molecule has 0 heterocycles. The van der Waals surface area contributed by atoms with E-state index in [0.717, 1.165) is 0 Å². The third-order valence-corrected chi connectivity index (χ3v) is 6.84. The van der Waals surface area contributed by atoms with Gasteiger partial charge in [0.15, 0.2) is 0 Å². The zero-order chi connectivity index (χ0) is 40.4. The number of hydrogen-bond acceptors (Lipinski definition) is 8. The Labute approximate surface area is 308 Å². The number of hydrogen-bond donors (Lipinski definition) is 8. The monoisotopic (exact) mass is 732 g/mol. The highest BCUT2D eigenvalue weighted by Gasteiger charge is 2.15. The molecule has 16 nitrogen and oxygen atoms in total. The number of anilines is 1. The highest BCUT2D eigenvalue weighted by molar-refractivity contribution is 6.12. The van der Waals surface area contributed by atoms with Crippen molar-refractivity contribution in [3.05, 3.63) is 172 Å². The fourth-order valence-electron chi connectivity index (χ4n) is 4.35. The molecule has 0 aromatic heterocycles. The third kappa shape index (κ3) is 12.6. The summed E-state index contributed by atoms with van der Waals surface area (Å²) in [4.78, 5) is 87.7. The first-order valence-corrected chi connectivity index (χ1v) is 15.4. The first kappa shape index (κ1) is 42.0. The summed E-state index contributed by atoms with van der Waals surface area (Å²) in [5.41, 5.74) is 37.4. The minimum atomic E-state index is -0.649. The van der Waals surface area contributed by atoms with Gasteiger partial charge in [-0.1, -0.05) is 66.7 Å². The van der Waals surface area contributed by atoms with Crippen molar-refractivity contribution in [3.8, 4) is 0 Å². The Balaban J connectivity index is 0.000000254. The summed E-state index contributed by atoms with van der Waals surface area (Å²) in [6.07, 6.45) is 0. The van der Waals surface area contributed by atoms with Gasteiger partial charge in [-0.25, -0.2) is 0 Å². The minimum Gasteiger partial charge on any atom is -0.366 e. The van der Waals surface area contributed by atoms with Crippen LogP contribution in [-0.4, -0.2) is 47.3 Å². The number of nitrogens with one attached hydrogen (secondary N) is 1. The zero-order valence-electron chi connectivity index (χ0n) is 28.4. The van der Waals surface area contributed by atoms with Gasteiger partial charge in [-0.2, -0.15) is 0 Å². The summed E-state index contributed by atoms with van der Waals surface area (Å²) in [6, 6.07) is 33.9. The molecule has 0 bridgehead atoms. The van der Waals surface area contributed by atoms with E-state index in [-0.39, 0.29) is 50.4 Å². The smallest absolute Gasteiger partial charge is 0.256 e. The Kier molecular flexibility index (Phi) is 16.0. The Hall–Kier alpha value is -8.14. The molecule has 54 heavy (non-hydrogen) atoms. The number of primary amides is 7. The Bertz CT molecular complexity index is 1930. The van der Waals surface area contributed by atoms with Crippen molar-refractivity contribution in [1.29, 1.82) is 0 Å². The highest BCUT2D eigenvalue weighted by atomic mass is 16.2. The van der Waals surface area contributed by atoms with E-state index < -0.39 is 41.4 Å². The Morgan fingerprint density at radius 3 is 0.685 bits per heavy atom. The summed E-state index contributed by atoms with van der Waals surface area (Å²) in [5.74, 6) is -4.86. The molecule has 0 radical (unpaired) electrons. The van der Waals surface area contributed by atoms with Gasteiger partial charge in [0.05, 0.1) is 44.5 Å². The first-order valence-electron chi connectivity index (χ1n) is 15.4. The molecule has 0 fully saturated rings. The van der Waals surface area contributed by atoms with Crippen molar-refractivity contribution in [1.82, 2.24) is 0 Å². The molecule has 5 aromatic carbocycles. The van der Waals surface area contributed by atoms with E-state index in [0.29, 0.717) is 5.69 Å². The van der Waals surface area contributed by atoms with Crippen LogP contribution in [0.5, 0.6) is 0 Å². The van der Waals surface area contributed by atoms with Gasteiger partial charge in [-0.05, 0) is 60.7 Å². The molecule has 0 saturated carbocycles. The second-order valence-electron chi connectivity index (χ2n) is 10.6. The van der Waals surface area contributed by atoms with Crippen LogP contribution in [0, 0.1) is 0 Å². The van der Waals surface area contributed by atoms with Crippen LogP contribution in [0.3, 0.4) is 0 Å². The van der Waals surface area contributed by atoms with Crippen LogP contribution in [0.25, 0.3) is 0 Å². The quantitative estimate of drug-likeness (QED) is 0.110. The molecule has 0 aliphatic rings. The van der Waals surface area contributed by atoms with Gasteiger partial charge in [0.1, 0.15) is 0 Å². The number of nitrogens with two attached hydrogens (primary N) is 7. The van der Waals surface area contributed by atoms with Gasteiger partial charge in [0.25, 0.3) is 5.91 Å². The van der Waals surface area contributed by atoms with Crippen molar-refractivity contribution >= 4 is 52.9 Å². The SMILES string of the molecule is NC(=O)c1ccccc1C(=O)Nc1ccccc1.NC(=O)c1ccccc1C(N)=O.NC(=O)c1ccccc1C(N)=O.NC(=O)c1ccccc1C(N)=O. The number of amides is 8. The molecular formula is C38H36N8O8. The second kappa shape index (κ2) is 20.5. The van der Waals surface area contributed by atoms with Crippen LogP contribution in [0.15, 0.2) is 127 Å². The van der Waals surface area contributed by atoms with Crippen molar-refractivity contribution in [3.63, 3.8) is 0 Å². The molecule has 8 amide bonds. The Morgan fingerprint density at radius 1 is 0.278 bits per heavy atom. The molecule has 0 saturated heterocycles. The summed E-state index contributed by atoms with van der Waals surface area (Å²) in [6.45, 7) is 0. The van der Waals surface area contributed by atoms with E-state index in [1.807, 2.05) is 18.2 Å². The van der Waals surface area contributed by atoms with Crippen LogP contribution >= 0.6 is 0 Å². The lowest BCUT2D eigenvalue weighted by atomic mass is 10.1. The van der Waals surface area contributed by atoms with Crippen LogP contribution in [0.4, 0.5) is 5.69 Å². The normalized spacial score (nSPS) is 9.48. The maximum atomic E-state index is 12.0. The van der Waals surface area contributed by atoms with Crippen molar-refractivity contribution in [2.45, 2.75) is 0 Å². The number of carbonyl (C=O) groups is 8. The van der Waals surface area contributed by atoms with E-state index in [1.165, 1.54) is 42.5 Å². The van der Waals surface area contributed by atoms with E-state index in [2.05, 4.69) is 5.32 Å². The van der Waals surface area contributed by atoms with E-state index >= 15 is 0 Å². The lowest BCUT2D eigenvalue weighted by Gasteiger charge is -2.07. The van der Waals surface area contributed by atoms with Crippen LogP contribution in [-0.2, 0) is 0 Å². The fourth-order valence-corrected chi connectivity index (χ4v) is 4.35. The highest BCUT2D eigenvalue weighted by Crippen LogP contribution is 2.13. The topological polar surface area (TPSA) is 331 Å². The van der Waals surface area contributed by atoms with Gasteiger partial charge in [0, 0.05) is 5.69 Å². The summed E-state index contributed by atoms with van der Waals surface area (Å²) < 4.78 is 0. The zero-order valence-corrected chi connectivity index (χ0v) is 28.4. The van der Waals surface area contributed by atoms with Gasteiger partial charge >= 0.3 is 0 Å². The number of benzene rings is 5. The van der Waals surface area contributed by atoms with Gasteiger partial charge in [0.2, 0.25) is 41.4 Å². The molecule has 0 atom stereocenters. The van der Waals surface area contributed by atoms with E-state index in [1.54, 1.807) is 66.7 Å². The van der Waals surface area contributed by atoms with Crippen molar-refractivity contribution < 1.29 is 38.4 Å². The summed E-state index contributed by atoms with van der Waals surface area (Å²) in [5, 5.41) is 2.71. The molecule has 5 rings (SSSR count). The van der Waals surface area contributed by atoms with Gasteiger partial charge in [-0.15, -0.1) is 0 Å². The maximum absolute atomic E-state index is 12.0. The first-order chi connectivity index (χ1) is 25.6. The number of carbonyl (C=O) groups excluding carboxylic acids is 8. The third-order valence-electron chi connectivity index (χ3n) is 6.84. The largest absolute Gasteiger partial charge is 0.366 e. The number of rotatable bonds is 9. The lowest BCUT2D eigenvalue weighted by Crippen LogP contribution is -2.20. The van der Waals surface area contributed by atoms with Gasteiger partial charge in [-0.3, -0.25) is 38.4 Å². The predicted octanol–water partition coefficient (Wildman–Crippen LogP) is 1.69. The van der Waals surface area contributed by atoms with Crippen LogP contribution < -0.4 is 45.5 Å². The van der Waals surface area contributed by atoms with Crippen LogP contribution in [0.1, 0.15) is 82.9 Å². The van der Waals surface area contributed by atoms with E-state index in [4.69, 9.17) is 40.1 Å². The van der Waals surface area contributed by atoms with Crippen LogP contribution in [0.2, 0.25) is 0 Å². The molecule has 16 heteroatoms. The average Bonchev–Trinajstić information content (AvgIpc) is 3.15. The molecule has 0 aliphatic heterocycles. The minimum absolute atomic E-state index is 0.157. The Morgan fingerprint density at radius 2 is 0.463 bits per heavy atom. The standard InChI is InChI=1S/C14H12N2O2.3C8H8N2O2/c15-13(17)11-8-4-5-9-12(11)14(18)16-10-6-2-1-3-7-10;3*9-7(11)5-3-1-2-4-6(5)8(10)12/h1-9H,(H2,15,17)(H,16,18);3*1-4H,(H2,9,11)(H2,10,12). The fraction of sp³-hybridized carbons (Fsp3) is 0. The van der Waals surface area contributed by atoms with Crippen molar-refractivity contribution in [2.75, 3.05) is 5.32 Å². The molecule has 276 valence electrons. The van der Waals surface area contributed by atoms with Gasteiger partial charge < -0.3 is 45.5 Å². The maximum Gasteiger partial charge on any atom is 0.256 e. The predicted molar refractivity (Wildman–Crippen MR) is 200 cm³/mol. The molecule has 0 aliphatic carbocycles. The molecule has 0 unspecified atom stereocenters. The van der Waals surface area contributed by atoms with E-state index in [9.17, 15) is 38.4 Å². The number of para-hydroxylation sites is 1. The lowest BCUT2D eigenvalue weighted by molar-refractivity contribution is 0.0967. The second-order valence-corrected chi connectivity index (χ2v) is 10.6. The summed E-state index contributed by atoms with van der Waals surface area (Å²) >= 11 is 0. The average molecular weight is 733 g/mol. The molecule has 5 aromatic rings. The summed E-state index contributed by atoms with van der Waals surface area (Å²) in [7, 11) is 0. The molecule has 15 N–H and O–H groups in total. The molecule has 0 spiro atoms.